The molecule has 6 nitrogen and oxygen atoms in total. The molecule has 0 aromatic heterocycles. The van der Waals surface area contributed by atoms with Gasteiger partial charge >= 0.3 is 0 Å². The zero-order valence-corrected chi connectivity index (χ0v) is 15.2. The van der Waals surface area contributed by atoms with Gasteiger partial charge < -0.3 is 16.2 Å². The number of guanidine groups is 2. The third kappa shape index (κ3) is 2.76. The molecule has 1 spiro atoms. The van der Waals surface area contributed by atoms with E-state index < -0.39 is 5.66 Å². The van der Waals surface area contributed by atoms with Gasteiger partial charge in [-0.05, 0) is 53.7 Å². The molecule has 0 amide bonds. The van der Waals surface area contributed by atoms with Crippen LogP contribution in [-0.2, 0) is 0 Å². The molecule has 1 fully saturated rings. The predicted octanol–water partition coefficient (Wildman–Crippen LogP) is 3.22. The minimum Gasteiger partial charge on any atom is -0.495 e. The van der Waals surface area contributed by atoms with Gasteiger partial charge in [-0.15, -0.1) is 0 Å². The molecule has 124 valence electrons. The SMILES string of the molecule is COc1ccc(Cl)c(N2C(N)=NC(N)=NC23CCCCC3)c1Br. The number of ether oxygens (including phenoxy) is 1. The van der Waals surface area contributed by atoms with E-state index in [1.54, 1.807) is 19.2 Å². The minimum atomic E-state index is -0.535. The highest BCUT2D eigenvalue weighted by Crippen LogP contribution is 2.47. The molecule has 0 atom stereocenters. The van der Waals surface area contributed by atoms with Gasteiger partial charge in [-0.2, -0.15) is 4.99 Å². The summed E-state index contributed by atoms with van der Waals surface area (Å²) in [4.78, 5) is 10.7. The molecule has 8 heteroatoms. The number of methoxy groups -OCH3 is 1. The van der Waals surface area contributed by atoms with E-state index in [1.807, 2.05) is 4.90 Å². The summed E-state index contributed by atoms with van der Waals surface area (Å²) in [6.45, 7) is 0. The third-order valence-corrected chi connectivity index (χ3v) is 5.40. The number of anilines is 1. The fourth-order valence-corrected chi connectivity index (χ4v) is 4.37. The van der Waals surface area contributed by atoms with Gasteiger partial charge in [0.1, 0.15) is 11.4 Å². The zero-order valence-electron chi connectivity index (χ0n) is 12.9. The molecule has 1 saturated carbocycles. The van der Waals surface area contributed by atoms with E-state index in [0.717, 1.165) is 30.2 Å². The Morgan fingerprint density at radius 3 is 2.61 bits per heavy atom. The first-order chi connectivity index (χ1) is 11.0. The van der Waals surface area contributed by atoms with Gasteiger partial charge in [0.05, 0.1) is 22.3 Å². The van der Waals surface area contributed by atoms with Gasteiger partial charge in [0.25, 0.3) is 0 Å². The van der Waals surface area contributed by atoms with E-state index in [-0.39, 0.29) is 5.96 Å². The van der Waals surface area contributed by atoms with Crippen LogP contribution in [0.4, 0.5) is 5.69 Å². The standard InChI is InChI=1S/C15H19BrClN5O/c1-23-10-6-5-9(17)12(11(10)16)22-14(19)20-13(18)21-15(22)7-3-2-4-8-15/h5-6H,2-4,7-8H2,1H3,(H4,18,19,20,21). The minimum absolute atomic E-state index is 0.218. The van der Waals surface area contributed by atoms with Crippen molar-refractivity contribution in [1.82, 2.24) is 0 Å². The third-order valence-electron chi connectivity index (χ3n) is 4.33. The summed E-state index contributed by atoms with van der Waals surface area (Å²) in [6, 6.07) is 3.59. The van der Waals surface area contributed by atoms with E-state index in [1.165, 1.54) is 6.42 Å². The molecule has 2 aliphatic rings. The summed E-state index contributed by atoms with van der Waals surface area (Å²) in [5, 5.41) is 0.552. The van der Waals surface area contributed by atoms with Crippen LogP contribution in [0.15, 0.2) is 26.6 Å². The Bertz CT molecular complexity index is 685. The Hall–Kier alpha value is -1.47. The fraction of sp³-hybridized carbons (Fsp3) is 0.467. The molecule has 1 heterocycles. The van der Waals surface area contributed by atoms with Crippen LogP contribution in [0.2, 0.25) is 5.02 Å². The second-order valence-corrected chi connectivity index (χ2v) is 6.93. The predicted molar refractivity (Wildman–Crippen MR) is 97.2 cm³/mol. The lowest BCUT2D eigenvalue weighted by Gasteiger charge is -2.46. The molecular formula is C15H19BrClN5O. The highest BCUT2D eigenvalue weighted by atomic mass is 79.9. The Balaban J connectivity index is 2.18. The number of halogens is 2. The average molecular weight is 401 g/mol. The van der Waals surface area contributed by atoms with Crippen LogP contribution >= 0.6 is 27.5 Å². The Labute approximate surface area is 148 Å². The molecule has 1 aliphatic carbocycles. The van der Waals surface area contributed by atoms with Gasteiger partial charge in [0, 0.05) is 0 Å². The zero-order chi connectivity index (χ0) is 16.6. The molecule has 3 rings (SSSR count). The summed E-state index contributed by atoms with van der Waals surface area (Å²) >= 11 is 10.1. The number of hydrogen-bond acceptors (Lipinski definition) is 6. The van der Waals surface area contributed by atoms with Gasteiger partial charge in [0.15, 0.2) is 0 Å². The smallest absolute Gasteiger partial charge is 0.220 e. The Morgan fingerprint density at radius 1 is 1.26 bits per heavy atom. The summed E-state index contributed by atoms with van der Waals surface area (Å²) in [5.41, 5.74) is 12.3. The maximum Gasteiger partial charge on any atom is 0.220 e. The van der Waals surface area contributed by atoms with Crippen molar-refractivity contribution in [2.24, 2.45) is 21.5 Å². The van der Waals surface area contributed by atoms with Crippen molar-refractivity contribution in [3.8, 4) is 5.75 Å². The molecule has 23 heavy (non-hydrogen) atoms. The summed E-state index contributed by atoms with van der Waals surface area (Å²) in [7, 11) is 1.61. The molecule has 0 radical (unpaired) electrons. The van der Waals surface area contributed by atoms with E-state index >= 15 is 0 Å². The number of hydrogen-bond donors (Lipinski definition) is 2. The van der Waals surface area contributed by atoms with E-state index in [4.69, 9.17) is 27.8 Å². The second kappa shape index (κ2) is 6.20. The van der Waals surface area contributed by atoms with Crippen molar-refractivity contribution in [1.29, 1.82) is 0 Å². The first-order valence-corrected chi connectivity index (χ1v) is 8.67. The fourth-order valence-electron chi connectivity index (χ4n) is 3.33. The van der Waals surface area contributed by atoms with Crippen molar-refractivity contribution in [2.75, 3.05) is 12.0 Å². The molecule has 0 saturated heterocycles. The van der Waals surface area contributed by atoms with Crippen molar-refractivity contribution in [3.05, 3.63) is 21.6 Å². The van der Waals surface area contributed by atoms with Gasteiger partial charge in [-0.25, -0.2) is 4.99 Å². The monoisotopic (exact) mass is 399 g/mol. The average Bonchev–Trinajstić information content (AvgIpc) is 2.50. The van der Waals surface area contributed by atoms with Crippen LogP contribution < -0.4 is 21.1 Å². The lowest BCUT2D eigenvalue weighted by atomic mass is 9.87. The first kappa shape index (κ1) is 16.4. The molecule has 1 aromatic rings. The van der Waals surface area contributed by atoms with Crippen LogP contribution in [0.5, 0.6) is 5.75 Å². The van der Waals surface area contributed by atoms with E-state index in [0.29, 0.717) is 22.4 Å². The maximum atomic E-state index is 6.48. The normalized spacial score (nSPS) is 20.2. The summed E-state index contributed by atoms with van der Waals surface area (Å²) in [5.74, 6) is 1.19. The van der Waals surface area contributed by atoms with E-state index in [2.05, 4.69) is 25.9 Å². The molecule has 0 unspecified atom stereocenters. The van der Waals surface area contributed by atoms with Crippen LogP contribution in [0.1, 0.15) is 32.1 Å². The summed E-state index contributed by atoms with van der Waals surface area (Å²) in [6.07, 6.45) is 4.99. The van der Waals surface area contributed by atoms with E-state index in [9.17, 15) is 0 Å². The van der Waals surface area contributed by atoms with Gasteiger partial charge in [0.2, 0.25) is 11.9 Å². The Morgan fingerprint density at radius 2 is 1.96 bits per heavy atom. The van der Waals surface area contributed by atoms with Crippen molar-refractivity contribution < 1.29 is 4.74 Å². The van der Waals surface area contributed by atoms with Crippen molar-refractivity contribution in [3.63, 3.8) is 0 Å². The van der Waals surface area contributed by atoms with Crippen LogP contribution in [0, 0.1) is 0 Å². The van der Waals surface area contributed by atoms with Crippen molar-refractivity contribution >= 4 is 45.1 Å². The van der Waals surface area contributed by atoms with Gasteiger partial charge in [-0.3, -0.25) is 4.90 Å². The highest BCUT2D eigenvalue weighted by molar-refractivity contribution is 9.10. The van der Waals surface area contributed by atoms with Crippen LogP contribution in [0.25, 0.3) is 0 Å². The molecular weight excluding hydrogens is 382 g/mol. The number of rotatable bonds is 2. The lowest BCUT2D eigenvalue weighted by Crippen LogP contribution is -2.58. The van der Waals surface area contributed by atoms with Crippen LogP contribution in [-0.4, -0.2) is 24.7 Å². The molecule has 1 aliphatic heterocycles. The molecule has 1 aromatic carbocycles. The largest absolute Gasteiger partial charge is 0.495 e. The lowest BCUT2D eigenvalue weighted by molar-refractivity contribution is 0.305. The maximum absolute atomic E-state index is 6.48. The van der Waals surface area contributed by atoms with Crippen molar-refractivity contribution in [2.45, 2.75) is 37.8 Å². The summed E-state index contributed by atoms with van der Waals surface area (Å²) < 4.78 is 6.12. The molecule has 0 bridgehead atoms. The quantitative estimate of drug-likeness (QED) is 0.797. The topological polar surface area (TPSA) is 89.2 Å². The first-order valence-electron chi connectivity index (χ1n) is 7.50. The molecule has 4 N–H and O–H groups in total. The number of benzene rings is 1. The number of nitrogens with two attached hydrogens (primary N) is 2. The van der Waals surface area contributed by atoms with Gasteiger partial charge in [-0.1, -0.05) is 18.0 Å². The number of nitrogens with zero attached hydrogens (tertiary/aromatic N) is 3. The second-order valence-electron chi connectivity index (χ2n) is 5.73. The van der Waals surface area contributed by atoms with Crippen LogP contribution in [0.3, 0.4) is 0 Å². The highest BCUT2D eigenvalue weighted by Gasteiger charge is 2.44. The number of aliphatic imine (C=N–C) groups is 2. The Kier molecular flexibility index (Phi) is 4.42.